The Labute approximate surface area is 253 Å². The fraction of sp³-hybridized carbons (Fsp3) is 0.625. The van der Waals surface area contributed by atoms with E-state index in [0.29, 0.717) is 38.2 Å². The quantitative estimate of drug-likeness (QED) is 0.487. The van der Waals surface area contributed by atoms with Crippen LogP contribution in [0.4, 0.5) is 0 Å². The van der Waals surface area contributed by atoms with Crippen LogP contribution in [0.15, 0.2) is 36.4 Å². The Hall–Kier alpha value is -3.21. The monoisotopic (exact) mass is 610 g/mol. The van der Waals surface area contributed by atoms with Crippen LogP contribution in [0, 0.1) is 17.3 Å². The minimum absolute atomic E-state index is 0.0800. The van der Waals surface area contributed by atoms with Gasteiger partial charge in [0.1, 0.15) is 6.10 Å². The van der Waals surface area contributed by atoms with E-state index in [1.165, 1.54) is 0 Å². The predicted molar refractivity (Wildman–Crippen MR) is 162 cm³/mol. The van der Waals surface area contributed by atoms with Gasteiger partial charge >= 0.3 is 0 Å². The first-order valence-electron chi connectivity index (χ1n) is 15.8. The number of ketones is 1. The number of hydrogen-bond acceptors (Lipinski definition) is 7. The zero-order valence-corrected chi connectivity index (χ0v) is 25.9. The molecule has 1 aromatic carbocycles. The van der Waals surface area contributed by atoms with Crippen molar-refractivity contribution in [1.29, 1.82) is 0 Å². The Morgan fingerprint density at radius 1 is 1.14 bits per heavy atom. The third-order valence-electron chi connectivity index (χ3n) is 9.70. The van der Waals surface area contributed by atoms with Gasteiger partial charge in [0, 0.05) is 25.3 Å². The highest BCUT2D eigenvalue weighted by atomic mass is 32.2. The van der Waals surface area contributed by atoms with E-state index in [9.17, 15) is 22.8 Å². The average Bonchev–Trinajstić information content (AvgIpc) is 3.88. The molecule has 6 rings (SSSR count). The average molecular weight is 611 g/mol. The van der Waals surface area contributed by atoms with Gasteiger partial charge in [-0.15, -0.1) is 0 Å². The van der Waals surface area contributed by atoms with E-state index in [2.05, 4.69) is 15.8 Å². The van der Waals surface area contributed by atoms with Crippen molar-refractivity contribution >= 4 is 38.7 Å². The largest absolute Gasteiger partial charge is 0.459 e. The summed E-state index contributed by atoms with van der Waals surface area (Å²) in [4.78, 5) is 47.7. The molecule has 0 radical (unpaired) electrons. The highest BCUT2D eigenvalue weighted by molar-refractivity contribution is 7.90. The molecule has 4 aliphatic rings. The van der Waals surface area contributed by atoms with E-state index < -0.39 is 38.7 Å². The number of imidazole rings is 1. The van der Waals surface area contributed by atoms with Gasteiger partial charge in [-0.3, -0.25) is 23.7 Å². The van der Waals surface area contributed by atoms with Crippen LogP contribution >= 0.6 is 0 Å². The molecule has 1 saturated heterocycles. The number of benzene rings is 1. The maximum Gasteiger partial charge on any atom is 0.297 e. The topological polar surface area (TPSA) is 128 Å². The summed E-state index contributed by atoms with van der Waals surface area (Å²) < 4.78 is 36.0. The summed E-state index contributed by atoms with van der Waals surface area (Å²) in [5.41, 5.74) is 0.649. The second-order valence-corrected chi connectivity index (χ2v) is 14.8. The van der Waals surface area contributed by atoms with Gasteiger partial charge in [-0.2, -0.15) is 4.98 Å². The molecule has 11 heteroatoms. The van der Waals surface area contributed by atoms with Crippen molar-refractivity contribution in [2.75, 3.05) is 6.54 Å². The number of aryl methyl sites for hydroxylation is 1. The molecule has 2 aromatic rings. The van der Waals surface area contributed by atoms with E-state index in [4.69, 9.17) is 4.74 Å². The number of allylic oxidation sites excluding steroid dienone is 2. The van der Waals surface area contributed by atoms with E-state index >= 15 is 0 Å². The molecule has 232 valence electrons. The molecule has 3 heterocycles. The third kappa shape index (κ3) is 5.97. The number of para-hydroxylation sites is 2. The molecular formula is C32H42N4O6S. The first-order valence-corrected chi connectivity index (χ1v) is 17.4. The first kappa shape index (κ1) is 29.8. The molecule has 2 amide bonds. The van der Waals surface area contributed by atoms with Gasteiger partial charge in [0.05, 0.1) is 34.3 Å². The highest BCUT2D eigenvalue weighted by Gasteiger charge is 2.61. The Kier molecular flexibility index (Phi) is 8.12. The second-order valence-electron chi connectivity index (χ2n) is 12.9. The van der Waals surface area contributed by atoms with Gasteiger partial charge in [-0.1, -0.05) is 44.1 Å². The molecular weight excluding hydrogens is 568 g/mol. The molecule has 0 spiro atoms. The third-order valence-corrected chi connectivity index (χ3v) is 11.5. The van der Waals surface area contributed by atoms with Crippen molar-refractivity contribution < 1.29 is 27.5 Å². The van der Waals surface area contributed by atoms with Crippen LogP contribution in [-0.4, -0.2) is 64.4 Å². The number of hydrogen-bond donors (Lipinski definition) is 1. The maximum atomic E-state index is 14.1. The summed E-state index contributed by atoms with van der Waals surface area (Å²) in [6.45, 7) is 4.84. The lowest BCUT2D eigenvalue weighted by molar-refractivity contribution is -0.141. The van der Waals surface area contributed by atoms with Crippen LogP contribution in [0.5, 0.6) is 6.01 Å². The molecule has 2 aliphatic carbocycles. The lowest BCUT2D eigenvalue weighted by atomic mass is 9.91. The van der Waals surface area contributed by atoms with Gasteiger partial charge in [-0.25, -0.2) is 8.42 Å². The number of carbonyl (C=O) groups is 3. The second kappa shape index (κ2) is 11.7. The molecule has 3 fully saturated rings. The van der Waals surface area contributed by atoms with Crippen molar-refractivity contribution in [3.63, 3.8) is 0 Å². The summed E-state index contributed by atoms with van der Waals surface area (Å²) in [5, 5.41) is -0.534. The number of fused-ring (bicyclic) bond motifs is 3. The van der Waals surface area contributed by atoms with Crippen molar-refractivity contribution in [2.45, 2.75) is 102 Å². The van der Waals surface area contributed by atoms with Crippen molar-refractivity contribution in [3.8, 4) is 6.01 Å². The normalized spacial score (nSPS) is 31.1. The Bertz CT molecular complexity index is 1550. The number of nitrogens with one attached hydrogen (secondary N) is 1. The molecule has 0 bridgehead atoms. The number of sulfonamides is 1. The highest BCUT2D eigenvalue weighted by Crippen LogP contribution is 2.57. The summed E-state index contributed by atoms with van der Waals surface area (Å²) in [6, 6.07) is 7.49. The minimum Gasteiger partial charge on any atom is -0.459 e. The molecule has 1 aromatic heterocycles. The number of ether oxygens (including phenoxy) is 1. The predicted octanol–water partition coefficient (Wildman–Crippen LogP) is 4.13. The van der Waals surface area contributed by atoms with Crippen LogP contribution in [0.25, 0.3) is 11.0 Å². The number of carbonyl (C=O) groups excluding carboxylic acids is 3. The van der Waals surface area contributed by atoms with Crippen molar-refractivity contribution in [1.82, 2.24) is 19.2 Å². The number of nitrogens with zero attached hydrogens (tertiary/aromatic N) is 3. The van der Waals surface area contributed by atoms with Gasteiger partial charge in [0.2, 0.25) is 21.8 Å². The van der Waals surface area contributed by atoms with Gasteiger partial charge in [0.15, 0.2) is 5.78 Å². The number of rotatable bonds is 6. The van der Waals surface area contributed by atoms with Gasteiger partial charge in [0.25, 0.3) is 6.01 Å². The molecule has 2 aliphatic heterocycles. The first-order chi connectivity index (χ1) is 20.6. The van der Waals surface area contributed by atoms with E-state index in [-0.39, 0.29) is 36.5 Å². The molecule has 10 nitrogen and oxygen atoms in total. The van der Waals surface area contributed by atoms with Crippen molar-refractivity contribution in [3.05, 3.63) is 36.4 Å². The molecule has 2 saturated carbocycles. The lowest BCUT2D eigenvalue weighted by Gasteiger charge is -2.27. The fourth-order valence-corrected chi connectivity index (χ4v) is 8.22. The summed E-state index contributed by atoms with van der Waals surface area (Å²) in [6.07, 6.45) is 9.74. The fourth-order valence-electron chi connectivity index (χ4n) is 6.84. The Morgan fingerprint density at radius 2 is 1.93 bits per heavy atom. The van der Waals surface area contributed by atoms with E-state index in [1.54, 1.807) is 4.90 Å². The summed E-state index contributed by atoms with van der Waals surface area (Å²) >= 11 is 0. The minimum atomic E-state index is -3.75. The number of aromatic nitrogens is 2. The molecule has 43 heavy (non-hydrogen) atoms. The Morgan fingerprint density at radius 3 is 2.70 bits per heavy atom. The standard InChI is InChI=1S/C32H42N4O6S/c1-3-35-26-14-10-9-13-25(26)33-31(35)42-23-17-27-28(37)19-32(30(39)34-43(40,41)24-15-16-24)18-22(32)12-8-6-4-5-7-11-21(2)29(38)36(27)20-23/h8-10,12-14,21-24,27H,3-7,11,15-20H2,1-2H3,(H,34,39)/b12-8-/t21-,22-,23+,27-,32+/m0/s1. The molecule has 0 unspecified atom stereocenters. The van der Waals surface area contributed by atoms with Crippen LogP contribution in [-0.2, 0) is 31.0 Å². The lowest BCUT2D eigenvalue weighted by Crippen LogP contribution is -2.46. The maximum absolute atomic E-state index is 14.1. The van der Waals surface area contributed by atoms with Crippen LogP contribution in [0.2, 0.25) is 0 Å². The SMILES string of the molecule is CCn1c(O[C@@H]2C[C@H]3C(=O)C[C@]4(C(=O)NS(=O)(=O)C5CC5)C[C@@H]4/C=C\CCCCC[C@H](C)C(=O)N3C2)nc2ccccc21. The van der Waals surface area contributed by atoms with E-state index in [1.807, 2.05) is 48.8 Å². The number of amides is 2. The van der Waals surface area contributed by atoms with Crippen LogP contribution < -0.4 is 9.46 Å². The molecule has 5 atom stereocenters. The molecule has 1 N–H and O–H groups in total. The summed E-state index contributed by atoms with van der Waals surface area (Å²) in [5.74, 6) is -1.36. The zero-order valence-electron chi connectivity index (χ0n) is 25.0. The van der Waals surface area contributed by atoms with Gasteiger partial charge in [-0.05, 0) is 63.5 Å². The zero-order chi connectivity index (χ0) is 30.4. The van der Waals surface area contributed by atoms with Gasteiger partial charge < -0.3 is 9.64 Å². The number of Topliss-reactive ketones (excluding diaryl/α,β-unsaturated/α-hetero) is 1. The van der Waals surface area contributed by atoms with Crippen molar-refractivity contribution in [2.24, 2.45) is 17.3 Å². The van der Waals surface area contributed by atoms with E-state index in [0.717, 1.165) is 43.1 Å². The van der Waals surface area contributed by atoms with Crippen LogP contribution in [0.3, 0.4) is 0 Å². The van der Waals surface area contributed by atoms with Crippen LogP contribution in [0.1, 0.15) is 78.1 Å². The summed E-state index contributed by atoms with van der Waals surface area (Å²) in [7, 11) is -3.75. The smallest absolute Gasteiger partial charge is 0.297 e. The Balaban J connectivity index is 1.27.